The lowest BCUT2D eigenvalue weighted by Gasteiger charge is -2.12. The van der Waals surface area contributed by atoms with Gasteiger partial charge in [-0.15, -0.1) is 0 Å². The molecule has 0 N–H and O–H groups in total. The fraction of sp³-hybridized carbons (Fsp3) is 0.200. The average molecular weight is 475 g/mol. The second-order valence-electron chi connectivity index (χ2n) is 6.89. The molecule has 0 spiro atoms. The number of carbonyl (C=O) groups excluding carboxylic acids is 1. The van der Waals surface area contributed by atoms with Crippen molar-refractivity contribution in [1.29, 1.82) is 0 Å². The van der Waals surface area contributed by atoms with Crippen LogP contribution in [0.15, 0.2) is 45.8 Å². The Hall–Kier alpha value is -2.71. The summed E-state index contributed by atoms with van der Waals surface area (Å²) in [6, 6.07) is 10.7. The van der Waals surface area contributed by atoms with Crippen molar-refractivity contribution in [2.45, 2.75) is 6.42 Å². The Morgan fingerprint density at radius 1 is 1.24 bits per heavy atom. The number of aromatic nitrogens is 4. The maximum atomic E-state index is 13.4. The summed E-state index contributed by atoms with van der Waals surface area (Å²) in [4.78, 5) is 31.7. The highest BCUT2D eigenvalue weighted by Crippen LogP contribution is 2.30. The fourth-order valence-electron chi connectivity index (χ4n) is 3.36. The number of rotatable bonds is 3. The van der Waals surface area contributed by atoms with Gasteiger partial charge in [-0.05, 0) is 40.2 Å². The molecule has 0 aliphatic rings. The minimum absolute atomic E-state index is 0.0551. The summed E-state index contributed by atoms with van der Waals surface area (Å²) in [5, 5.41) is 6.60. The van der Waals surface area contributed by atoms with Gasteiger partial charge in [0.25, 0.3) is 5.56 Å². The van der Waals surface area contributed by atoms with Gasteiger partial charge in [-0.3, -0.25) is 9.59 Å². The lowest BCUT2D eigenvalue weighted by atomic mass is 10.1. The molecule has 0 atom stereocenters. The molecule has 4 aromatic rings. The Kier molecular flexibility index (Phi) is 4.92. The van der Waals surface area contributed by atoms with E-state index in [2.05, 4.69) is 26.0 Å². The Balaban J connectivity index is 2.13. The maximum absolute atomic E-state index is 13.4. The lowest BCUT2D eigenvalue weighted by molar-refractivity contribution is -0.128. The molecular weight excluding hydrogens is 458 g/mol. The number of nitrogens with zero attached hydrogens (tertiary/aromatic N) is 5. The van der Waals surface area contributed by atoms with Gasteiger partial charge in [0.1, 0.15) is 10.1 Å². The van der Waals surface area contributed by atoms with Crippen LogP contribution < -0.4 is 5.56 Å². The van der Waals surface area contributed by atoms with Crippen LogP contribution in [-0.2, 0) is 18.3 Å². The molecule has 3 heterocycles. The number of likely N-dealkylation sites (N-methyl/N-ethyl adjacent to an activating group) is 1. The van der Waals surface area contributed by atoms with E-state index in [4.69, 9.17) is 11.6 Å². The Bertz CT molecular complexity index is 1340. The van der Waals surface area contributed by atoms with Crippen LogP contribution in [0.25, 0.3) is 27.6 Å². The van der Waals surface area contributed by atoms with Crippen LogP contribution >= 0.6 is 27.5 Å². The molecule has 0 fully saturated rings. The normalized spacial score (nSPS) is 11.3. The van der Waals surface area contributed by atoms with Gasteiger partial charge in [-0.2, -0.15) is 9.78 Å². The summed E-state index contributed by atoms with van der Waals surface area (Å²) >= 11 is 9.51. The number of benzene rings is 1. The monoisotopic (exact) mass is 473 g/mol. The zero-order valence-electron chi connectivity index (χ0n) is 16.0. The van der Waals surface area contributed by atoms with Gasteiger partial charge in [0.15, 0.2) is 5.82 Å². The summed E-state index contributed by atoms with van der Waals surface area (Å²) < 4.78 is 3.61. The lowest BCUT2D eigenvalue weighted by Crippen LogP contribution is -2.28. The highest BCUT2D eigenvalue weighted by atomic mass is 79.9. The molecule has 148 valence electrons. The standard InChI is InChI=1S/C20H17BrClN5O2/c1-25(2)17(28)10-13-18-12-8-7-11(22)9-14(12)26(3)19(18)20(29)27(24-13)16-6-4-5-15(21)23-16/h4-9H,10H2,1-3H3. The minimum atomic E-state index is -0.318. The molecule has 0 bridgehead atoms. The van der Waals surface area contributed by atoms with Gasteiger partial charge in [0.2, 0.25) is 5.91 Å². The number of amides is 1. The van der Waals surface area contributed by atoms with Crippen LogP contribution in [0, 0.1) is 0 Å². The predicted octanol–water partition coefficient (Wildman–Crippen LogP) is 3.32. The second-order valence-corrected chi connectivity index (χ2v) is 8.14. The first-order valence-corrected chi connectivity index (χ1v) is 9.98. The smallest absolute Gasteiger partial charge is 0.297 e. The number of aryl methyl sites for hydroxylation is 1. The van der Waals surface area contributed by atoms with Crippen molar-refractivity contribution < 1.29 is 4.79 Å². The third-order valence-corrected chi connectivity index (χ3v) is 5.48. The number of carbonyl (C=O) groups is 1. The zero-order valence-corrected chi connectivity index (χ0v) is 18.3. The van der Waals surface area contributed by atoms with E-state index in [1.165, 1.54) is 9.58 Å². The third-order valence-electron chi connectivity index (χ3n) is 4.80. The van der Waals surface area contributed by atoms with E-state index in [1.807, 2.05) is 6.07 Å². The molecule has 0 aliphatic carbocycles. The van der Waals surface area contributed by atoms with Crippen LogP contribution in [0.2, 0.25) is 5.02 Å². The van der Waals surface area contributed by atoms with Gasteiger partial charge in [-0.25, -0.2) is 4.98 Å². The summed E-state index contributed by atoms with van der Waals surface area (Å²) in [6.45, 7) is 0. The summed E-state index contributed by atoms with van der Waals surface area (Å²) in [6.07, 6.45) is 0.0551. The summed E-state index contributed by atoms with van der Waals surface area (Å²) in [7, 11) is 5.18. The summed E-state index contributed by atoms with van der Waals surface area (Å²) in [5.41, 5.74) is 1.43. The Morgan fingerprint density at radius 2 is 2.00 bits per heavy atom. The maximum Gasteiger partial charge on any atom is 0.297 e. The van der Waals surface area contributed by atoms with Crippen molar-refractivity contribution in [2.24, 2.45) is 7.05 Å². The van der Waals surface area contributed by atoms with Gasteiger partial charge in [-0.1, -0.05) is 23.7 Å². The highest BCUT2D eigenvalue weighted by molar-refractivity contribution is 9.10. The molecule has 29 heavy (non-hydrogen) atoms. The van der Waals surface area contributed by atoms with Crippen LogP contribution in [0.1, 0.15) is 5.69 Å². The molecule has 0 unspecified atom stereocenters. The molecule has 0 saturated carbocycles. The first-order chi connectivity index (χ1) is 13.8. The zero-order chi connectivity index (χ0) is 20.9. The van der Waals surface area contributed by atoms with Crippen molar-refractivity contribution in [3.05, 3.63) is 62.1 Å². The van der Waals surface area contributed by atoms with E-state index in [9.17, 15) is 9.59 Å². The number of hydrogen-bond donors (Lipinski definition) is 0. The average Bonchev–Trinajstić information content (AvgIpc) is 2.96. The number of hydrogen-bond acceptors (Lipinski definition) is 4. The third kappa shape index (κ3) is 3.32. The molecule has 4 rings (SSSR count). The Labute approximate surface area is 179 Å². The molecule has 3 aromatic heterocycles. The first-order valence-electron chi connectivity index (χ1n) is 8.81. The largest absolute Gasteiger partial charge is 0.348 e. The molecule has 1 amide bonds. The molecule has 0 saturated heterocycles. The van der Waals surface area contributed by atoms with E-state index in [0.29, 0.717) is 32.0 Å². The first kappa shape index (κ1) is 19.6. The molecular formula is C20H17BrClN5O2. The number of halogens is 2. The van der Waals surface area contributed by atoms with Crippen molar-refractivity contribution in [1.82, 2.24) is 24.2 Å². The molecule has 7 nitrogen and oxygen atoms in total. The number of pyridine rings is 1. The van der Waals surface area contributed by atoms with E-state index in [0.717, 1.165) is 10.9 Å². The van der Waals surface area contributed by atoms with Crippen molar-refractivity contribution >= 4 is 55.2 Å². The topological polar surface area (TPSA) is 73.0 Å². The van der Waals surface area contributed by atoms with Crippen molar-refractivity contribution in [3.8, 4) is 5.82 Å². The van der Waals surface area contributed by atoms with Crippen LogP contribution in [-0.4, -0.2) is 44.2 Å². The van der Waals surface area contributed by atoms with Gasteiger partial charge in [0.05, 0.1) is 17.6 Å². The van der Waals surface area contributed by atoms with Gasteiger partial charge in [0, 0.05) is 36.9 Å². The summed E-state index contributed by atoms with van der Waals surface area (Å²) in [5.74, 6) is 0.255. The van der Waals surface area contributed by atoms with Crippen LogP contribution in [0.4, 0.5) is 0 Å². The molecule has 9 heteroatoms. The molecule has 0 radical (unpaired) electrons. The van der Waals surface area contributed by atoms with E-state index < -0.39 is 0 Å². The quantitative estimate of drug-likeness (QED) is 0.427. The second kappa shape index (κ2) is 7.27. The van der Waals surface area contributed by atoms with Crippen molar-refractivity contribution in [3.63, 3.8) is 0 Å². The van der Waals surface area contributed by atoms with Crippen molar-refractivity contribution in [2.75, 3.05) is 14.1 Å². The number of fused-ring (bicyclic) bond motifs is 3. The predicted molar refractivity (Wildman–Crippen MR) is 117 cm³/mol. The molecule has 1 aromatic carbocycles. The van der Waals surface area contributed by atoms with Gasteiger partial charge < -0.3 is 9.47 Å². The molecule has 0 aliphatic heterocycles. The van der Waals surface area contributed by atoms with E-state index in [1.54, 1.807) is 56.0 Å². The Morgan fingerprint density at radius 3 is 2.69 bits per heavy atom. The minimum Gasteiger partial charge on any atom is -0.348 e. The highest BCUT2D eigenvalue weighted by Gasteiger charge is 2.22. The SMILES string of the molecule is CN(C)C(=O)Cc1nn(-c2cccc(Br)n2)c(=O)c2c1c1ccc(Cl)cc1n2C. The fourth-order valence-corrected chi connectivity index (χ4v) is 3.86. The van der Waals surface area contributed by atoms with Crippen LogP contribution in [0.3, 0.4) is 0 Å². The van der Waals surface area contributed by atoms with E-state index in [-0.39, 0.29) is 17.9 Å². The van der Waals surface area contributed by atoms with Crippen LogP contribution in [0.5, 0.6) is 0 Å². The van der Waals surface area contributed by atoms with E-state index >= 15 is 0 Å². The van der Waals surface area contributed by atoms with Gasteiger partial charge >= 0.3 is 0 Å².